The zero-order valence-corrected chi connectivity index (χ0v) is 9.58. The molecule has 0 aliphatic rings. The standard InChI is InChI=1S/C9H19NO2Si/c1-4-11-9(12-5-2)13-8-6-7-10-3/h9H,3-8H2,1-2H3. The van der Waals surface area contributed by atoms with E-state index in [9.17, 15) is 0 Å². The molecule has 0 heterocycles. The molecule has 76 valence electrons. The molecule has 0 saturated carbocycles. The Bertz CT molecular complexity index is 116. The van der Waals surface area contributed by atoms with Gasteiger partial charge in [-0.1, -0.05) is 6.04 Å². The summed E-state index contributed by atoms with van der Waals surface area (Å²) in [5.41, 5.74) is 0. The van der Waals surface area contributed by atoms with Crippen molar-refractivity contribution in [2.75, 3.05) is 19.8 Å². The number of rotatable bonds is 9. The smallest absolute Gasteiger partial charge is 0.137 e. The van der Waals surface area contributed by atoms with Gasteiger partial charge in [0.15, 0.2) is 0 Å². The minimum absolute atomic E-state index is 0.000171. The van der Waals surface area contributed by atoms with Crippen molar-refractivity contribution >= 4 is 16.2 Å². The van der Waals surface area contributed by atoms with Crippen molar-refractivity contribution in [2.24, 2.45) is 4.99 Å². The van der Waals surface area contributed by atoms with E-state index >= 15 is 0 Å². The van der Waals surface area contributed by atoms with Crippen LogP contribution in [0.5, 0.6) is 0 Å². The summed E-state index contributed by atoms with van der Waals surface area (Å²) in [5.74, 6) is -0.000171. The van der Waals surface area contributed by atoms with E-state index in [-0.39, 0.29) is 5.91 Å². The number of aliphatic imine (C=N–C) groups is 1. The van der Waals surface area contributed by atoms with Crippen molar-refractivity contribution in [3.05, 3.63) is 0 Å². The monoisotopic (exact) mass is 201 g/mol. The first kappa shape index (κ1) is 12.8. The number of hydrogen-bond acceptors (Lipinski definition) is 3. The quantitative estimate of drug-likeness (QED) is 0.245. The summed E-state index contributed by atoms with van der Waals surface area (Å²) in [5, 5.41) is 0. The van der Waals surface area contributed by atoms with Crippen LogP contribution in [0, 0.1) is 0 Å². The van der Waals surface area contributed by atoms with Crippen LogP contribution in [0.15, 0.2) is 4.99 Å². The zero-order valence-electron chi connectivity index (χ0n) is 8.58. The highest BCUT2D eigenvalue weighted by Crippen LogP contribution is 1.98. The molecule has 0 rings (SSSR count). The zero-order chi connectivity index (χ0) is 9.94. The molecule has 0 atom stereocenters. The van der Waals surface area contributed by atoms with E-state index in [0.717, 1.165) is 32.2 Å². The minimum atomic E-state index is -0.000171. The normalized spacial score (nSPS) is 10.7. The van der Waals surface area contributed by atoms with Crippen molar-refractivity contribution in [1.82, 2.24) is 0 Å². The fraction of sp³-hybridized carbons (Fsp3) is 0.889. The molecule has 0 saturated heterocycles. The molecular weight excluding hydrogens is 182 g/mol. The second-order valence-electron chi connectivity index (χ2n) is 2.50. The topological polar surface area (TPSA) is 30.8 Å². The fourth-order valence-electron chi connectivity index (χ4n) is 0.879. The highest BCUT2D eigenvalue weighted by molar-refractivity contribution is 6.36. The van der Waals surface area contributed by atoms with Gasteiger partial charge in [-0.3, -0.25) is 0 Å². The first-order valence-corrected chi connectivity index (χ1v) is 6.02. The average molecular weight is 201 g/mol. The summed E-state index contributed by atoms with van der Waals surface area (Å²) in [6, 6.07) is 1.11. The van der Waals surface area contributed by atoms with Gasteiger partial charge in [-0.05, 0) is 27.0 Å². The third-order valence-corrected chi connectivity index (χ3v) is 2.75. The predicted molar refractivity (Wildman–Crippen MR) is 56.6 cm³/mol. The third kappa shape index (κ3) is 8.15. The molecule has 0 fully saturated rings. The first-order chi connectivity index (χ1) is 6.35. The van der Waals surface area contributed by atoms with E-state index in [4.69, 9.17) is 9.47 Å². The Morgan fingerprint density at radius 3 is 2.38 bits per heavy atom. The summed E-state index contributed by atoms with van der Waals surface area (Å²) < 4.78 is 10.8. The van der Waals surface area contributed by atoms with Gasteiger partial charge in [0.25, 0.3) is 0 Å². The minimum Gasteiger partial charge on any atom is -0.357 e. The molecule has 2 radical (unpaired) electrons. The van der Waals surface area contributed by atoms with Gasteiger partial charge in [0.1, 0.15) is 15.4 Å². The maximum atomic E-state index is 5.41. The molecule has 0 bridgehead atoms. The van der Waals surface area contributed by atoms with Gasteiger partial charge in [-0.2, -0.15) is 0 Å². The molecule has 0 aromatic rings. The van der Waals surface area contributed by atoms with Crippen molar-refractivity contribution in [1.29, 1.82) is 0 Å². The fourth-order valence-corrected chi connectivity index (χ4v) is 2.05. The van der Waals surface area contributed by atoms with Crippen LogP contribution in [0.25, 0.3) is 0 Å². The molecule has 0 aromatic carbocycles. The maximum absolute atomic E-state index is 5.41. The van der Waals surface area contributed by atoms with E-state index in [0.29, 0.717) is 9.52 Å². The van der Waals surface area contributed by atoms with E-state index in [1.807, 2.05) is 13.8 Å². The number of hydrogen-bond donors (Lipinski definition) is 0. The van der Waals surface area contributed by atoms with Crippen LogP contribution < -0.4 is 0 Å². The number of nitrogens with zero attached hydrogens (tertiary/aromatic N) is 1. The molecule has 0 spiro atoms. The van der Waals surface area contributed by atoms with Crippen LogP contribution in [-0.2, 0) is 9.47 Å². The van der Waals surface area contributed by atoms with E-state index < -0.39 is 0 Å². The summed E-state index contributed by atoms with van der Waals surface area (Å²) in [6.07, 6.45) is 1.08. The van der Waals surface area contributed by atoms with Crippen LogP contribution in [0.1, 0.15) is 20.3 Å². The summed E-state index contributed by atoms with van der Waals surface area (Å²) in [6.45, 7) is 9.70. The lowest BCUT2D eigenvalue weighted by molar-refractivity contribution is -0.0827. The molecular formula is C9H19NO2Si. The third-order valence-electron chi connectivity index (χ3n) is 1.44. The van der Waals surface area contributed by atoms with Crippen molar-refractivity contribution in [3.63, 3.8) is 0 Å². The lowest BCUT2D eigenvalue weighted by Gasteiger charge is -2.15. The Balaban J connectivity index is 3.37. The molecule has 0 aromatic heterocycles. The van der Waals surface area contributed by atoms with E-state index in [1.54, 1.807) is 0 Å². The largest absolute Gasteiger partial charge is 0.357 e. The average Bonchev–Trinajstić information content (AvgIpc) is 2.13. The van der Waals surface area contributed by atoms with Crippen molar-refractivity contribution < 1.29 is 9.47 Å². The van der Waals surface area contributed by atoms with Gasteiger partial charge >= 0.3 is 0 Å². The van der Waals surface area contributed by atoms with Gasteiger partial charge in [-0.15, -0.1) is 0 Å². The lowest BCUT2D eigenvalue weighted by Crippen LogP contribution is -2.24. The maximum Gasteiger partial charge on any atom is 0.137 e. The van der Waals surface area contributed by atoms with Crippen LogP contribution in [0.4, 0.5) is 0 Å². The molecule has 0 amide bonds. The second kappa shape index (κ2) is 9.89. The van der Waals surface area contributed by atoms with Gasteiger partial charge in [0, 0.05) is 19.8 Å². The lowest BCUT2D eigenvalue weighted by atomic mass is 10.5. The van der Waals surface area contributed by atoms with E-state index in [2.05, 4.69) is 11.7 Å². The summed E-state index contributed by atoms with van der Waals surface area (Å²) >= 11 is 0. The molecule has 4 heteroatoms. The Hall–Kier alpha value is -0.193. The molecule has 0 unspecified atom stereocenters. The van der Waals surface area contributed by atoms with E-state index in [1.165, 1.54) is 0 Å². The SMILES string of the molecule is C=NCCC[Si]C(OCC)OCC. The highest BCUT2D eigenvalue weighted by Gasteiger charge is 2.07. The van der Waals surface area contributed by atoms with Crippen molar-refractivity contribution in [2.45, 2.75) is 32.2 Å². The van der Waals surface area contributed by atoms with Crippen molar-refractivity contribution in [3.8, 4) is 0 Å². The second-order valence-corrected chi connectivity index (χ2v) is 3.88. The Morgan fingerprint density at radius 2 is 1.92 bits per heavy atom. The predicted octanol–water partition coefficient (Wildman–Crippen LogP) is 1.56. The number of ether oxygens (including phenoxy) is 2. The van der Waals surface area contributed by atoms with Gasteiger partial charge in [-0.25, -0.2) is 0 Å². The molecule has 0 aliphatic heterocycles. The first-order valence-electron chi connectivity index (χ1n) is 4.74. The van der Waals surface area contributed by atoms with Gasteiger partial charge in [0.05, 0.1) is 0 Å². The van der Waals surface area contributed by atoms with Crippen LogP contribution >= 0.6 is 0 Å². The molecule has 3 nitrogen and oxygen atoms in total. The molecule has 0 aliphatic carbocycles. The Kier molecular flexibility index (Phi) is 9.74. The van der Waals surface area contributed by atoms with Gasteiger partial charge < -0.3 is 14.5 Å². The Morgan fingerprint density at radius 1 is 1.31 bits per heavy atom. The summed E-state index contributed by atoms with van der Waals surface area (Å²) in [4.78, 5) is 3.80. The molecule has 13 heavy (non-hydrogen) atoms. The summed E-state index contributed by atoms with van der Waals surface area (Å²) in [7, 11) is 0.715. The Labute approximate surface area is 83.4 Å². The van der Waals surface area contributed by atoms with Crippen LogP contribution in [0.2, 0.25) is 6.04 Å². The molecule has 0 N–H and O–H groups in total. The van der Waals surface area contributed by atoms with Crippen LogP contribution in [-0.4, -0.2) is 41.9 Å². The van der Waals surface area contributed by atoms with Crippen LogP contribution in [0.3, 0.4) is 0 Å². The van der Waals surface area contributed by atoms with Gasteiger partial charge in [0.2, 0.25) is 0 Å². The highest BCUT2D eigenvalue weighted by atomic mass is 28.2.